The Hall–Kier alpha value is -2.39. The average molecular weight is 461 g/mol. The molecule has 2 saturated heterocycles. The summed E-state index contributed by atoms with van der Waals surface area (Å²) in [6, 6.07) is 12.9. The molecule has 2 heterocycles. The van der Waals surface area contributed by atoms with Crippen molar-refractivity contribution in [2.75, 3.05) is 13.2 Å². The monoisotopic (exact) mass is 460 g/mol. The van der Waals surface area contributed by atoms with Crippen molar-refractivity contribution in [1.29, 1.82) is 0 Å². The van der Waals surface area contributed by atoms with E-state index in [9.17, 15) is 9.59 Å². The Morgan fingerprint density at radius 2 is 2.03 bits per heavy atom. The van der Waals surface area contributed by atoms with Gasteiger partial charge in [0.25, 0.3) is 5.91 Å². The predicted octanol–water partition coefficient (Wildman–Crippen LogP) is 3.68. The van der Waals surface area contributed by atoms with E-state index in [0.717, 1.165) is 11.1 Å². The van der Waals surface area contributed by atoms with Gasteiger partial charge in [-0.05, 0) is 47.9 Å². The van der Waals surface area contributed by atoms with E-state index in [0.29, 0.717) is 38.8 Å². The summed E-state index contributed by atoms with van der Waals surface area (Å²) in [7, 11) is 0. The predicted molar refractivity (Wildman–Crippen MR) is 121 cm³/mol. The standard InChI is InChI=1S/C21H17ClN2O4S2/c22-16-8-13(9-18-20(26)24-21(29)30-18)3-6-17(16)28-15-4-1-12(2-5-15)7-14-10-27-11-19(25)23-14/h1-6,8-9,14H,7,10-11H2,(H,23,25)(H,24,26,29)/b18-9-. The lowest BCUT2D eigenvalue weighted by Crippen LogP contribution is -2.46. The van der Waals surface area contributed by atoms with Crippen molar-refractivity contribution in [2.45, 2.75) is 12.5 Å². The number of thiocarbonyl (C=S) groups is 1. The molecule has 2 N–H and O–H groups in total. The van der Waals surface area contributed by atoms with Crippen molar-refractivity contribution in [3.63, 3.8) is 0 Å². The first kappa shape index (κ1) is 20.9. The molecule has 1 atom stereocenters. The van der Waals surface area contributed by atoms with Crippen LogP contribution in [0.15, 0.2) is 47.4 Å². The van der Waals surface area contributed by atoms with Crippen LogP contribution >= 0.6 is 35.6 Å². The number of halogens is 1. The Morgan fingerprint density at radius 3 is 2.70 bits per heavy atom. The molecule has 9 heteroatoms. The second-order valence-electron chi connectivity index (χ2n) is 6.77. The number of benzene rings is 2. The summed E-state index contributed by atoms with van der Waals surface area (Å²) in [6.45, 7) is 0.632. The third-order valence-electron chi connectivity index (χ3n) is 4.45. The fourth-order valence-corrected chi connectivity index (χ4v) is 4.35. The van der Waals surface area contributed by atoms with Gasteiger partial charge in [-0.3, -0.25) is 9.59 Å². The Balaban J connectivity index is 1.40. The van der Waals surface area contributed by atoms with Crippen LogP contribution in [-0.4, -0.2) is 35.4 Å². The first-order valence-electron chi connectivity index (χ1n) is 9.14. The maximum absolute atomic E-state index is 11.8. The van der Waals surface area contributed by atoms with Crippen molar-refractivity contribution in [2.24, 2.45) is 0 Å². The molecule has 2 aromatic rings. The topological polar surface area (TPSA) is 76.7 Å². The zero-order chi connectivity index (χ0) is 21.1. The van der Waals surface area contributed by atoms with E-state index in [1.165, 1.54) is 11.8 Å². The van der Waals surface area contributed by atoms with Gasteiger partial charge in [-0.1, -0.05) is 53.8 Å². The molecule has 0 spiro atoms. The number of thioether (sulfide) groups is 1. The highest BCUT2D eigenvalue weighted by molar-refractivity contribution is 8.26. The number of carbonyl (C=O) groups excluding carboxylic acids is 2. The van der Waals surface area contributed by atoms with Crippen LogP contribution in [0.1, 0.15) is 11.1 Å². The van der Waals surface area contributed by atoms with Crippen LogP contribution in [-0.2, 0) is 20.7 Å². The van der Waals surface area contributed by atoms with Crippen molar-refractivity contribution >= 4 is 57.8 Å². The fourth-order valence-electron chi connectivity index (χ4n) is 3.08. The Kier molecular flexibility index (Phi) is 6.38. The molecule has 0 aliphatic carbocycles. The third-order valence-corrected chi connectivity index (χ3v) is 5.90. The number of rotatable bonds is 5. The number of ether oxygens (including phenoxy) is 2. The van der Waals surface area contributed by atoms with Crippen LogP contribution in [0, 0.1) is 0 Å². The molecule has 0 radical (unpaired) electrons. The summed E-state index contributed by atoms with van der Waals surface area (Å²) in [5.74, 6) is 0.862. The summed E-state index contributed by atoms with van der Waals surface area (Å²) in [5, 5.41) is 5.92. The van der Waals surface area contributed by atoms with Gasteiger partial charge in [-0.15, -0.1) is 0 Å². The molecular weight excluding hydrogens is 444 g/mol. The molecule has 2 aliphatic heterocycles. The molecule has 1 unspecified atom stereocenters. The fraction of sp³-hybridized carbons (Fsp3) is 0.190. The van der Waals surface area contributed by atoms with Crippen LogP contribution in [0.5, 0.6) is 11.5 Å². The number of hydrogen-bond donors (Lipinski definition) is 2. The molecule has 2 aliphatic rings. The highest BCUT2D eigenvalue weighted by atomic mass is 35.5. The van der Waals surface area contributed by atoms with Gasteiger partial charge in [0.2, 0.25) is 5.91 Å². The van der Waals surface area contributed by atoms with Crippen LogP contribution in [0.25, 0.3) is 6.08 Å². The molecule has 2 aromatic carbocycles. The van der Waals surface area contributed by atoms with Gasteiger partial charge in [-0.25, -0.2) is 0 Å². The Bertz CT molecular complexity index is 1040. The lowest BCUT2D eigenvalue weighted by Gasteiger charge is -2.23. The number of nitrogens with one attached hydrogen (secondary N) is 2. The molecule has 4 rings (SSSR count). The van der Waals surface area contributed by atoms with Gasteiger partial charge >= 0.3 is 0 Å². The zero-order valence-corrected chi connectivity index (χ0v) is 18.0. The minimum atomic E-state index is -0.208. The van der Waals surface area contributed by atoms with Gasteiger partial charge in [0.1, 0.15) is 22.4 Å². The summed E-state index contributed by atoms with van der Waals surface area (Å²) in [4.78, 5) is 23.7. The minimum Gasteiger partial charge on any atom is -0.456 e. The van der Waals surface area contributed by atoms with Crippen LogP contribution in [0.4, 0.5) is 0 Å². The van der Waals surface area contributed by atoms with Crippen LogP contribution in [0.3, 0.4) is 0 Å². The van der Waals surface area contributed by atoms with Crippen molar-refractivity contribution in [1.82, 2.24) is 10.6 Å². The van der Waals surface area contributed by atoms with Gasteiger partial charge in [0.15, 0.2) is 0 Å². The molecule has 154 valence electrons. The van der Waals surface area contributed by atoms with Gasteiger partial charge in [0.05, 0.1) is 22.6 Å². The van der Waals surface area contributed by atoms with E-state index in [1.807, 2.05) is 30.3 Å². The Labute approximate surface area is 188 Å². The molecule has 0 saturated carbocycles. The summed E-state index contributed by atoms with van der Waals surface area (Å²) in [5.41, 5.74) is 1.85. The Morgan fingerprint density at radius 1 is 1.23 bits per heavy atom. The van der Waals surface area contributed by atoms with E-state index in [-0.39, 0.29) is 24.5 Å². The van der Waals surface area contributed by atoms with Crippen molar-refractivity contribution < 1.29 is 19.1 Å². The van der Waals surface area contributed by atoms with Gasteiger partial charge in [-0.2, -0.15) is 0 Å². The summed E-state index contributed by atoms with van der Waals surface area (Å²) < 4.78 is 11.6. The lowest BCUT2D eigenvalue weighted by atomic mass is 10.1. The average Bonchev–Trinajstić information content (AvgIpc) is 3.02. The van der Waals surface area contributed by atoms with Crippen molar-refractivity contribution in [3.8, 4) is 11.5 Å². The zero-order valence-electron chi connectivity index (χ0n) is 15.6. The van der Waals surface area contributed by atoms with Crippen molar-refractivity contribution in [3.05, 3.63) is 63.5 Å². The lowest BCUT2D eigenvalue weighted by molar-refractivity contribution is -0.131. The third kappa shape index (κ3) is 5.20. The minimum absolute atomic E-state index is 0.0244. The second-order valence-corrected chi connectivity index (χ2v) is 8.90. The number of morpholine rings is 1. The SMILES string of the molecule is O=C1COCC(Cc2ccc(Oc3ccc(/C=C4\SC(=S)NC4=O)cc3Cl)cc2)N1. The second kappa shape index (κ2) is 9.18. The van der Waals surface area contributed by atoms with E-state index in [2.05, 4.69) is 10.6 Å². The first-order chi connectivity index (χ1) is 14.5. The number of carbonyl (C=O) groups is 2. The summed E-state index contributed by atoms with van der Waals surface area (Å²) >= 11 is 12.6. The van der Waals surface area contributed by atoms with E-state index in [4.69, 9.17) is 33.3 Å². The normalized spacial score (nSPS) is 20.2. The highest BCUT2D eigenvalue weighted by Gasteiger charge is 2.22. The maximum atomic E-state index is 11.8. The molecule has 30 heavy (non-hydrogen) atoms. The molecule has 0 bridgehead atoms. The number of hydrogen-bond acceptors (Lipinski definition) is 6. The molecule has 2 amide bonds. The highest BCUT2D eigenvalue weighted by Crippen LogP contribution is 2.32. The molecule has 2 fully saturated rings. The van der Waals surface area contributed by atoms with E-state index in [1.54, 1.807) is 18.2 Å². The van der Waals surface area contributed by atoms with Crippen LogP contribution in [0.2, 0.25) is 5.02 Å². The molecular formula is C21H17ClN2O4S2. The maximum Gasteiger partial charge on any atom is 0.263 e. The van der Waals surface area contributed by atoms with Crippen LogP contribution < -0.4 is 15.4 Å². The summed E-state index contributed by atoms with van der Waals surface area (Å²) in [6.07, 6.45) is 2.42. The largest absolute Gasteiger partial charge is 0.456 e. The first-order valence-corrected chi connectivity index (χ1v) is 10.7. The van der Waals surface area contributed by atoms with Gasteiger partial charge < -0.3 is 20.1 Å². The van der Waals surface area contributed by atoms with E-state index >= 15 is 0 Å². The smallest absolute Gasteiger partial charge is 0.263 e. The van der Waals surface area contributed by atoms with E-state index < -0.39 is 0 Å². The van der Waals surface area contributed by atoms with Gasteiger partial charge in [0, 0.05) is 0 Å². The molecule has 0 aromatic heterocycles. The molecule has 6 nitrogen and oxygen atoms in total. The number of amides is 2. The quantitative estimate of drug-likeness (QED) is 0.523.